The van der Waals surface area contributed by atoms with Crippen LogP contribution in [0, 0.1) is 5.92 Å². The number of hydrogen-bond donors (Lipinski definition) is 0. The Balaban J connectivity index is 2.33. The van der Waals surface area contributed by atoms with Gasteiger partial charge in [-0.3, -0.25) is 14.4 Å². The van der Waals surface area contributed by atoms with Crippen molar-refractivity contribution in [2.24, 2.45) is 5.92 Å². The summed E-state index contributed by atoms with van der Waals surface area (Å²) in [7, 11) is 1.28. The summed E-state index contributed by atoms with van der Waals surface area (Å²) in [6.07, 6.45) is 0.304. The highest BCUT2D eigenvalue weighted by Gasteiger charge is 2.67. The Morgan fingerprint density at radius 3 is 2.42 bits per heavy atom. The minimum Gasteiger partial charge on any atom is -0.468 e. The van der Waals surface area contributed by atoms with Crippen molar-refractivity contribution in [2.75, 3.05) is 7.11 Å². The monoisotopic (exact) mass is 334 g/mol. The van der Waals surface area contributed by atoms with Crippen LogP contribution in [0.1, 0.15) is 39.7 Å². The first kappa shape index (κ1) is 18.0. The van der Waals surface area contributed by atoms with Gasteiger partial charge < -0.3 is 14.2 Å². The van der Waals surface area contributed by atoms with Crippen LogP contribution in [-0.2, 0) is 29.3 Å². The molecule has 130 valence electrons. The maximum atomic E-state index is 12.4. The number of esters is 3. The van der Waals surface area contributed by atoms with E-state index in [1.165, 1.54) is 14.0 Å². The number of carbonyl (C=O) groups is 3. The summed E-state index contributed by atoms with van der Waals surface area (Å²) in [5.41, 5.74) is -1.15. The minimum atomic E-state index is -1.09. The van der Waals surface area contributed by atoms with Crippen molar-refractivity contribution in [3.8, 4) is 5.75 Å². The van der Waals surface area contributed by atoms with Crippen LogP contribution in [0.4, 0.5) is 0 Å². The van der Waals surface area contributed by atoms with Gasteiger partial charge in [0.15, 0.2) is 0 Å². The molecule has 24 heavy (non-hydrogen) atoms. The maximum Gasteiger partial charge on any atom is 0.317 e. The Labute approximate surface area is 141 Å². The van der Waals surface area contributed by atoms with Crippen LogP contribution in [0.25, 0.3) is 0 Å². The Bertz CT molecular complexity index is 672. The lowest BCUT2D eigenvalue weighted by molar-refractivity contribution is -0.159. The van der Waals surface area contributed by atoms with E-state index in [-0.39, 0.29) is 0 Å². The fourth-order valence-corrected chi connectivity index (χ4v) is 2.77. The van der Waals surface area contributed by atoms with Crippen molar-refractivity contribution < 1.29 is 28.6 Å². The van der Waals surface area contributed by atoms with Gasteiger partial charge in [-0.25, -0.2) is 0 Å². The average molecular weight is 334 g/mol. The normalized spacial score (nSPS) is 22.5. The van der Waals surface area contributed by atoms with E-state index < -0.39 is 34.8 Å². The molecule has 0 heterocycles. The molecule has 1 saturated carbocycles. The highest BCUT2D eigenvalue weighted by Crippen LogP contribution is 2.56. The van der Waals surface area contributed by atoms with E-state index in [2.05, 4.69) is 0 Å². The van der Waals surface area contributed by atoms with Crippen molar-refractivity contribution in [2.45, 2.75) is 45.1 Å². The molecule has 6 heteroatoms. The number of methoxy groups -OCH3 is 1. The van der Waals surface area contributed by atoms with Crippen LogP contribution < -0.4 is 4.74 Å². The molecule has 2 rings (SSSR count). The molecule has 0 spiro atoms. The lowest BCUT2D eigenvalue weighted by Gasteiger charge is -2.21. The summed E-state index contributed by atoms with van der Waals surface area (Å²) in [5, 5.41) is 0. The first-order chi connectivity index (χ1) is 11.1. The lowest BCUT2D eigenvalue weighted by Crippen LogP contribution is -2.31. The quantitative estimate of drug-likeness (QED) is 0.621. The third-order valence-electron chi connectivity index (χ3n) is 3.81. The molecule has 0 amide bonds. The van der Waals surface area contributed by atoms with Gasteiger partial charge in [0.05, 0.1) is 13.0 Å². The predicted octanol–water partition coefficient (Wildman–Crippen LogP) is 2.38. The van der Waals surface area contributed by atoms with E-state index in [9.17, 15) is 14.4 Å². The van der Waals surface area contributed by atoms with Crippen LogP contribution in [0.15, 0.2) is 24.3 Å². The molecule has 0 unspecified atom stereocenters. The molecule has 0 bridgehead atoms. The van der Waals surface area contributed by atoms with Gasteiger partial charge in [-0.1, -0.05) is 12.1 Å². The molecule has 0 radical (unpaired) electrons. The molecule has 0 aromatic heterocycles. The van der Waals surface area contributed by atoms with E-state index in [0.717, 1.165) is 0 Å². The van der Waals surface area contributed by atoms with Crippen molar-refractivity contribution in [3.63, 3.8) is 0 Å². The summed E-state index contributed by atoms with van der Waals surface area (Å²) in [6.45, 7) is 6.61. The summed E-state index contributed by atoms with van der Waals surface area (Å²) in [6, 6.07) is 6.58. The van der Waals surface area contributed by atoms with Gasteiger partial charge in [0.1, 0.15) is 16.8 Å². The molecule has 1 aromatic rings. The van der Waals surface area contributed by atoms with Gasteiger partial charge in [0.2, 0.25) is 0 Å². The second-order valence-corrected chi connectivity index (χ2v) is 6.87. The van der Waals surface area contributed by atoms with Gasteiger partial charge in [0.25, 0.3) is 0 Å². The molecule has 0 N–H and O–H groups in total. The predicted molar refractivity (Wildman–Crippen MR) is 85.4 cm³/mol. The largest absolute Gasteiger partial charge is 0.468 e. The number of ether oxygens (including phenoxy) is 3. The van der Waals surface area contributed by atoms with Crippen LogP contribution in [0.3, 0.4) is 0 Å². The van der Waals surface area contributed by atoms with Gasteiger partial charge in [-0.05, 0) is 44.9 Å². The zero-order valence-corrected chi connectivity index (χ0v) is 14.5. The molecule has 1 fully saturated rings. The number of hydrogen-bond acceptors (Lipinski definition) is 6. The first-order valence-electron chi connectivity index (χ1n) is 7.70. The molecular weight excluding hydrogens is 312 g/mol. The fraction of sp³-hybridized carbons (Fsp3) is 0.500. The lowest BCUT2D eigenvalue weighted by atomic mass is 9.93. The highest BCUT2D eigenvalue weighted by molar-refractivity contribution is 5.96. The summed E-state index contributed by atoms with van der Waals surface area (Å²) in [5.74, 6) is -1.70. The van der Waals surface area contributed by atoms with E-state index in [4.69, 9.17) is 14.2 Å². The van der Waals surface area contributed by atoms with Crippen LogP contribution in [0.2, 0.25) is 0 Å². The molecule has 6 nitrogen and oxygen atoms in total. The Morgan fingerprint density at radius 1 is 1.21 bits per heavy atom. The third-order valence-corrected chi connectivity index (χ3v) is 3.81. The number of rotatable bonds is 4. The van der Waals surface area contributed by atoms with Crippen LogP contribution in [-0.4, -0.2) is 30.6 Å². The summed E-state index contributed by atoms with van der Waals surface area (Å²) in [4.78, 5) is 35.9. The standard InChI is InChI=1S/C18H22O6/c1-11(19)23-13-8-6-7-12(9-13)18(16(21)22-5)10-14(18)15(20)24-17(2,3)4/h6-9,14H,10H2,1-5H3/t14-,18-/m0/s1. The van der Waals surface area contributed by atoms with Crippen molar-refractivity contribution >= 4 is 17.9 Å². The van der Waals surface area contributed by atoms with Gasteiger partial charge in [0, 0.05) is 6.92 Å². The molecule has 0 saturated heterocycles. The summed E-state index contributed by atoms with van der Waals surface area (Å²) >= 11 is 0. The van der Waals surface area contributed by atoms with Crippen molar-refractivity contribution in [3.05, 3.63) is 29.8 Å². The van der Waals surface area contributed by atoms with E-state index in [0.29, 0.717) is 17.7 Å². The van der Waals surface area contributed by atoms with E-state index in [1.54, 1.807) is 45.0 Å². The van der Waals surface area contributed by atoms with Gasteiger partial charge >= 0.3 is 17.9 Å². The third kappa shape index (κ3) is 3.58. The van der Waals surface area contributed by atoms with Gasteiger partial charge in [-0.15, -0.1) is 0 Å². The molecular formula is C18H22O6. The Morgan fingerprint density at radius 2 is 1.88 bits per heavy atom. The molecule has 1 aliphatic rings. The fourth-order valence-electron chi connectivity index (χ4n) is 2.77. The van der Waals surface area contributed by atoms with Crippen molar-refractivity contribution in [1.29, 1.82) is 0 Å². The maximum absolute atomic E-state index is 12.4. The Kier molecular flexibility index (Phi) is 4.69. The first-order valence-corrected chi connectivity index (χ1v) is 7.70. The summed E-state index contributed by atoms with van der Waals surface area (Å²) < 4.78 is 15.4. The zero-order chi connectivity index (χ0) is 18.1. The number of benzene rings is 1. The number of carbonyl (C=O) groups excluding carboxylic acids is 3. The average Bonchev–Trinajstić information content (AvgIpc) is 3.21. The Hall–Kier alpha value is -2.37. The highest BCUT2D eigenvalue weighted by atomic mass is 16.6. The minimum absolute atomic E-state index is 0.304. The van der Waals surface area contributed by atoms with Crippen molar-refractivity contribution in [1.82, 2.24) is 0 Å². The second-order valence-electron chi connectivity index (χ2n) is 6.87. The molecule has 2 atom stereocenters. The second kappa shape index (κ2) is 6.26. The SMILES string of the molecule is COC(=O)[C@]1(c2cccc(OC(C)=O)c2)C[C@H]1C(=O)OC(C)(C)C. The molecule has 0 aliphatic heterocycles. The molecule has 1 aliphatic carbocycles. The zero-order valence-electron chi connectivity index (χ0n) is 14.5. The topological polar surface area (TPSA) is 78.9 Å². The van der Waals surface area contributed by atoms with Crippen LogP contribution in [0.5, 0.6) is 5.75 Å². The van der Waals surface area contributed by atoms with E-state index >= 15 is 0 Å². The molecule has 1 aromatic carbocycles. The smallest absolute Gasteiger partial charge is 0.317 e. The van der Waals surface area contributed by atoms with Gasteiger partial charge in [-0.2, -0.15) is 0 Å². The van der Waals surface area contributed by atoms with Crippen LogP contribution >= 0.6 is 0 Å². The van der Waals surface area contributed by atoms with E-state index in [1.807, 2.05) is 0 Å².